The second-order valence-electron chi connectivity index (χ2n) is 6.13. The molecule has 0 saturated carbocycles. The fourth-order valence-corrected chi connectivity index (χ4v) is 3.66. The molecule has 1 heteroatoms. The first-order chi connectivity index (χ1) is 8.54. The van der Waals surface area contributed by atoms with Crippen molar-refractivity contribution >= 4 is 10.8 Å². The highest BCUT2D eigenvalue weighted by molar-refractivity contribution is 5.93. The molecule has 18 heavy (non-hydrogen) atoms. The third kappa shape index (κ3) is 1.44. The van der Waals surface area contributed by atoms with Crippen LogP contribution in [0.15, 0.2) is 36.4 Å². The van der Waals surface area contributed by atoms with Crippen LogP contribution in [-0.4, -0.2) is 25.5 Å². The summed E-state index contributed by atoms with van der Waals surface area (Å²) in [6.45, 7) is 5.88. The van der Waals surface area contributed by atoms with Crippen molar-refractivity contribution in [1.82, 2.24) is 4.90 Å². The van der Waals surface area contributed by atoms with Gasteiger partial charge in [-0.2, -0.15) is 0 Å². The van der Waals surface area contributed by atoms with Crippen molar-refractivity contribution in [2.75, 3.05) is 20.6 Å². The highest BCUT2D eigenvalue weighted by Gasteiger charge is 2.41. The lowest BCUT2D eigenvalue weighted by molar-refractivity contribution is 0.275. The first kappa shape index (κ1) is 11.7. The van der Waals surface area contributed by atoms with E-state index in [0.29, 0.717) is 5.92 Å². The monoisotopic (exact) mass is 239 g/mol. The first-order valence-electron chi connectivity index (χ1n) is 6.71. The number of nitrogens with zero attached hydrogens (tertiary/aromatic N) is 1. The SMILES string of the molecule is C[C@@H]1c2cccc3cccc(c23)[C@]1(C)CN(C)C. The summed E-state index contributed by atoms with van der Waals surface area (Å²) in [4.78, 5) is 2.31. The normalized spacial score (nSPS) is 26.2. The van der Waals surface area contributed by atoms with E-state index in [4.69, 9.17) is 0 Å². The average Bonchev–Trinajstić information content (AvgIpc) is 2.54. The molecule has 2 atom stereocenters. The van der Waals surface area contributed by atoms with Crippen LogP contribution in [0.2, 0.25) is 0 Å². The molecule has 0 saturated heterocycles. The molecule has 1 aliphatic rings. The molecule has 94 valence electrons. The second kappa shape index (κ2) is 3.83. The molecule has 0 radical (unpaired) electrons. The molecule has 0 bridgehead atoms. The van der Waals surface area contributed by atoms with Crippen LogP contribution >= 0.6 is 0 Å². The van der Waals surface area contributed by atoms with Gasteiger partial charge in [0.15, 0.2) is 0 Å². The van der Waals surface area contributed by atoms with E-state index in [9.17, 15) is 0 Å². The van der Waals surface area contributed by atoms with E-state index in [1.807, 2.05) is 0 Å². The maximum atomic E-state index is 2.41. The van der Waals surface area contributed by atoms with Crippen molar-refractivity contribution in [1.29, 1.82) is 0 Å². The van der Waals surface area contributed by atoms with Gasteiger partial charge in [-0.05, 0) is 41.9 Å². The summed E-state index contributed by atoms with van der Waals surface area (Å²) in [5.74, 6) is 0.584. The van der Waals surface area contributed by atoms with Gasteiger partial charge in [-0.15, -0.1) is 0 Å². The van der Waals surface area contributed by atoms with Crippen molar-refractivity contribution in [3.05, 3.63) is 47.5 Å². The second-order valence-corrected chi connectivity index (χ2v) is 6.13. The van der Waals surface area contributed by atoms with Gasteiger partial charge in [0.1, 0.15) is 0 Å². The third-order valence-corrected chi connectivity index (χ3v) is 4.62. The van der Waals surface area contributed by atoms with Crippen LogP contribution in [0.5, 0.6) is 0 Å². The van der Waals surface area contributed by atoms with E-state index in [2.05, 4.69) is 69.2 Å². The van der Waals surface area contributed by atoms with E-state index >= 15 is 0 Å². The van der Waals surface area contributed by atoms with Gasteiger partial charge in [-0.1, -0.05) is 50.2 Å². The Morgan fingerprint density at radius 3 is 2.44 bits per heavy atom. The summed E-state index contributed by atoms with van der Waals surface area (Å²) >= 11 is 0. The highest BCUT2D eigenvalue weighted by Crippen LogP contribution is 2.50. The van der Waals surface area contributed by atoms with E-state index in [1.165, 1.54) is 21.9 Å². The van der Waals surface area contributed by atoms with Crippen molar-refractivity contribution in [2.45, 2.75) is 25.2 Å². The van der Waals surface area contributed by atoms with Gasteiger partial charge in [-0.3, -0.25) is 0 Å². The molecular formula is C17H21N. The van der Waals surface area contributed by atoms with Crippen LogP contribution < -0.4 is 0 Å². The minimum atomic E-state index is 0.229. The molecule has 0 spiro atoms. The maximum absolute atomic E-state index is 2.41. The van der Waals surface area contributed by atoms with Crippen molar-refractivity contribution in [3.63, 3.8) is 0 Å². The molecule has 2 aromatic carbocycles. The quantitative estimate of drug-likeness (QED) is 0.771. The molecular weight excluding hydrogens is 218 g/mol. The molecule has 1 aliphatic carbocycles. The largest absolute Gasteiger partial charge is 0.309 e. The molecule has 0 amide bonds. The van der Waals surface area contributed by atoms with Crippen LogP contribution in [0.4, 0.5) is 0 Å². The van der Waals surface area contributed by atoms with E-state index in [-0.39, 0.29) is 5.41 Å². The van der Waals surface area contributed by atoms with E-state index in [1.54, 1.807) is 0 Å². The van der Waals surface area contributed by atoms with E-state index in [0.717, 1.165) is 6.54 Å². The zero-order valence-electron chi connectivity index (χ0n) is 11.7. The van der Waals surface area contributed by atoms with Gasteiger partial charge in [0.2, 0.25) is 0 Å². The van der Waals surface area contributed by atoms with Crippen LogP contribution in [-0.2, 0) is 5.41 Å². The summed E-state index contributed by atoms with van der Waals surface area (Å²) < 4.78 is 0. The Morgan fingerprint density at radius 2 is 1.78 bits per heavy atom. The Bertz CT molecular complexity index is 594. The van der Waals surface area contributed by atoms with Gasteiger partial charge in [-0.25, -0.2) is 0 Å². The Hall–Kier alpha value is -1.34. The zero-order valence-corrected chi connectivity index (χ0v) is 11.7. The maximum Gasteiger partial charge on any atom is 0.0124 e. The fourth-order valence-electron chi connectivity index (χ4n) is 3.66. The number of rotatable bonds is 2. The minimum Gasteiger partial charge on any atom is -0.309 e. The van der Waals surface area contributed by atoms with Gasteiger partial charge in [0.05, 0.1) is 0 Å². The lowest BCUT2D eigenvalue weighted by Gasteiger charge is -2.34. The van der Waals surface area contributed by atoms with Crippen LogP contribution in [0.25, 0.3) is 10.8 Å². The standard InChI is InChI=1S/C17H21N/c1-12-14-9-5-7-13-8-6-10-15(16(13)14)17(12,2)11-18(3)4/h5-10,12H,11H2,1-4H3/t12-,17-/m1/s1. The van der Waals surface area contributed by atoms with Crippen molar-refractivity contribution < 1.29 is 0 Å². The van der Waals surface area contributed by atoms with Crippen LogP contribution in [0, 0.1) is 0 Å². The van der Waals surface area contributed by atoms with Gasteiger partial charge in [0.25, 0.3) is 0 Å². The Balaban J connectivity index is 2.28. The van der Waals surface area contributed by atoms with Gasteiger partial charge in [0, 0.05) is 12.0 Å². The predicted molar refractivity (Wildman–Crippen MR) is 78.3 cm³/mol. The van der Waals surface area contributed by atoms with Crippen LogP contribution in [0.3, 0.4) is 0 Å². The van der Waals surface area contributed by atoms with Crippen molar-refractivity contribution in [2.24, 2.45) is 0 Å². The van der Waals surface area contributed by atoms with Gasteiger partial charge < -0.3 is 4.90 Å². The number of benzene rings is 2. The fraction of sp³-hybridized carbons (Fsp3) is 0.412. The van der Waals surface area contributed by atoms with Crippen molar-refractivity contribution in [3.8, 4) is 0 Å². The highest BCUT2D eigenvalue weighted by atomic mass is 15.1. The lowest BCUT2D eigenvalue weighted by Crippen LogP contribution is -2.36. The van der Waals surface area contributed by atoms with Crippen LogP contribution in [0.1, 0.15) is 30.9 Å². The zero-order chi connectivity index (χ0) is 12.9. The molecule has 0 aromatic heterocycles. The predicted octanol–water partition coefficient (Wildman–Crippen LogP) is 3.78. The van der Waals surface area contributed by atoms with Gasteiger partial charge >= 0.3 is 0 Å². The Labute approximate surface area is 109 Å². The minimum absolute atomic E-state index is 0.229. The molecule has 2 aromatic rings. The third-order valence-electron chi connectivity index (χ3n) is 4.62. The summed E-state index contributed by atoms with van der Waals surface area (Å²) in [5, 5.41) is 2.89. The summed E-state index contributed by atoms with van der Waals surface area (Å²) in [5.41, 5.74) is 3.27. The molecule has 1 nitrogen and oxygen atoms in total. The summed E-state index contributed by atoms with van der Waals surface area (Å²) in [7, 11) is 4.34. The summed E-state index contributed by atoms with van der Waals surface area (Å²) in [6, 6.07) is 13.5. The molecule has 0 aliphatic heterocycles. The Morgan fingerprint density at radius 1 is 1.11 bits per heavy atom. The molecule has 0 unspecified atom stereocenters. The summed E-state index contributed by atoms with van der Waals surface area (Å²) in [6.07, 6.45) is 0. The smallest absolute Gasteiger partial charge is 0.0124 e. The Kier molecular flexibility index (Phi) is 2.49. The van der Waals surface area contributed by atoms with E-state index < -0.39 is 0 Å². The molecule has 0 fully saturated rings. The first-order valence-corrected chi connectivity index (χ1v) is 6.71. The molecule has 3 rings (SSSR count). The number of hydrogen-bond donors (Lipinski definition) is 0. The average molecular weight is 239 g/mol. The number of likely N-dealkylation sites (N-methyl/N-ethyl adjacent to an activating group) is 1. The molecule has 0 N–H and O–H groups in total. The molecule has 0 heterocycles. The number of hydrogen-bond acceptors (Lipinski definition) is 1. The topological polar surface area (TPSA) is 3.24 Å². The lowest BCUT2D eigenvalue weighted by atomic mass is 9.75.